The number of fused-ring (bicyclic) bond motifs is 1. The van der Waals surface area contributed by atoms with E-state index in [9.17, 15) is 13.6 Å². The van der Waals surface area contributed by atoms with Crippen molar-refractivity contribution in [1.29, 1.82) is 0 Å². The van der Waals surface area contributed by atoms with Crippen molar-refractivity contribution in [1.82, 2.24) is 14.7 Å². The number of halogens is 2. The first-order valence-electron chi connectivity index (χ1n) is 9.33. The van der Waals surface area contributed by atoms with Gasteiger partial charge < -0.3 is 10.2 Å². The number of rotatable bonds is 3. The van der Waals surface area contributed by atoms with Gasteiger partial charge in [0, 0.05) is 31.1 Å². The first kappa shape index (κ1) is 16.8. The highest BCUT2D eigenvalue weighted by Gasteiger charge is 2.44. The summed E-state index contributed by atoms with van der Waals surface area (Å²) in [7, 11) is 0. The summed E-state index contributed by atoms with van der Waals surface area (Å²) in [5, 5.41) is 7.64. The van der Waals surface area contributed by atoms with E-state index < -0.39 is 12.5 Å². The van der Waals surface area contributed by atoms with Crippen molar-refractivity contribution >= 4 is 11.7 Å². The van der Waals surface area contributed by atoms with E-state index in [0.29, 0.717) is 24.7 Å². The molecule has 0 aromatic carbocycles. The van der Waals surface area contributed by atoms with Crippen molar-refractivity contribution in [3.05, 3.63) is 11.8 Å². The summed E-state index contributed by atoms with van der Waals surface area (Å²) in [5.74, 6) is 1.85. The van der Waals surface area contributed by atoms with E-state index in [2.05, 4.69) is 17.3 Å². The third-order valence-electron chi connectivity index (χ3n) is 6.06. The quantitative estimate of drug-likeness (QED) is 0.910. The second-order valence-electron chi connectivity index (χ2n) is 8.01. The fourth-order valence-electron chi connectivity index (χ4n) is 4.45. The number of aryl methyl sites for hydroxylation is 1. The summed E-state index contributed by atoms with van der Waals surface area (Å²) in [5.41, 5.74) is 0.747. The number of nitrogens with zero attached hydrogens (tertiary/aromatic N) is 3. The van der Waals surface area contributed by atoms with E-state index in [0.717, 1.165) is 31.5 Å². The van der Waals surface area contributed by atoms with Crippen LogP contribution in [0.3, 0.4) is 0 Å². The van der Waals surface area contributed by atoms with E-state index in [1.165, 1.54) is 4.68 Å². The Bertz CT molecular complexity index is 662. The smallest absolute Gasteiger partial charge is 0.260 e. The van der Waals surface area contributed by atoms with E-state index >= 15 is 0 Å². The Labute approximate surface area is 146 Å². The molecule has 3 heterocycles. The van der Waals surface area contributed by atoms with Gasteiger partial charge in [0.2, 0.25) is 5.91 Å². The Balaban J connectivity index is 1.48. The summed E-state index contributed by atoms with van der Waals surface area (Å²) >= 11 is 0. The van der Waals surface area contributed by atoms with Crippen LogP contribution in [-0.4, -0.2) is 46.1 Å². The van der Waals surface area contributed by atoms with Crippen molar-refractivity contribution in [2.75, 3.05) is 18.4 Å². The van der Waals surface area contributed by atoms with Gasteiger partial charge in [-0.1, -0.05) is 6.92 Å². The number of likely N-dealkylation sites (tertiary alicyclic amines) is 1. The number of carbonyl (C=O) groups is 1. The number of alkyl halides is 2. The standard InChI is InChI=1S/C18H26F2N4O/c1-10-6-13(10)18(25)23-5-3-4-12(9-23)14-8-15(17(19)20)24-16(21-14)7-11(2)22-24/h7,10,12-15,17,21H,3-6,8-9H2,1-2H3/t10-,12-,13-,14-,15+/m0/s1. The molecule has 25 heavy (non-hydrogen) atoms. The number of anilines is 1. The Morgan fingerprint density at radius 3 is 2.84 bits per heavy atom. The Hall–Kier alpha value is -1.66. The zero-order valence-corrected chi connectivity index (χ0v) is 14.8. The van der Waals surface area contributed by atoms with Gasteiger partial charge in [0.05, 0.1) is 5.69 Å². The molecular weight excluding hydrogens is 326 g/mol. The predicted octanol–water partition coefficient (Wildman–Crippen LogP) is 3.08. The van der Waals surface area contributed by atoms with Crippen LogP contribution in [-0.2, 0) is 4.79 Å². The van der Waals surface area contributed by atoms with Crippen LogP contribution < -0.4 is 5.32 Å². The summed E-state index contributed by atoms with van der Waals surface area (Å²) in [4.78, 5) is 14.5. The molecule has 5 nitrogen and oxygen atoms in total. The molecule has 3 aliphatic rings. The van der Waals surface area contributed by atoms with Gasteiger partial charge in [-0.25, -0.2) is 13.5 Å². The summed E-state index contributed by atoms with van der Waals surface area (Å²) in [6.07, 6.45) is 0.848. The molecule has 1 amide bonds. The zero-order valence-electron chi connectivity index (χ0n) is 14.8. The maximum absolute atomic E-state index is 13.6. The molecule has 0 bridgehead atoms. The van der Waals surface area contributed by atoms with Crippen molar-refractivity contribution in [3.63, 3.8) is 0 Å². The first-order valence-corrected chi connectivity index (χ1v) is 9.33. The van der Waals surface area contributed by atoms with Crippen molar-refractivity contribution in [2.24, 2.45) is 17.8 Å². The van der Waals surface area contributed by atoms with Gasteiger partial charge in [-0.15, -0.1) is 0 Å². The molecule has 2 fully saturated rings. The molecule has 4 rings (SSSR count). The van der Waals surface area contributed by atoms with E-state index in [1.807, 2.05) is 17.9 Å². The van der Waals surface area contributed by atoms with Gasteiger partial charge >= 0.3 is 0 Å². The summed E-state index contributed by atoms with van der Waals surface area (Å²) < 4.78 is 28.6. The number of amides is 1. The fraction of sp³-hybridized carbons (Fsp3) is 0.778. The molecule has 7 heteroatoms. The van der Waals surface area contributed by atoms with Gasteiger partial charge in [-0.05, 0) is 44.4 Å². The van der Waals surface area contributed by atoms with Crippen LogP contribution in [0.1, 0.15) is 44.3 Å². The lowest BCUT2D eigenvalue weighted by molar-refractivity contribution is -0.134. The van der Waals surface area contributed by atoms with E-state index in [1.54, 1.807) is 0 Å². The largest absolute Gasteiger partial charge is 0.367 e. The van der Waals surface area contributed by atoms with Crippen molar-refractivity contribution in [2.45, 2.75) is 58.0 Å². The maximum atomic E-state index is 13.6. The Morgan fingerprint density at radius 1 is 1.40 bits per heavy atom. The van der Waals surface area contributed by atoms with Crippen LogP contribution in [0.4, 0.5) is 14.6 Å². The number of hydrogen-bond acceptors (Lipinski definition) is 3. The third kappa shape index (κ3) is 3.13. The third-order valence-corrected chi connectivity index (χ3v) is 6.06. The molecule has 1 aliphatic carbocycles. The Morgan fingerprint density at radius 2 is 2.16 bits per heavy atom. The molecular formula is C18H26F2N4O. The molecule has 1 saturated carbocycles. The van der Waals surface area contributed by atoms with Crippen LogP contribution in [0.15, 0.2) is 6.07 Å². The molecule has 0 spiro atoms. The molecule has 0 unspecified atom stereocenters. The van der Waals surface area contributed by atoms with E-state index in [4.69, 9.17) is 0 Å². The molecule has 5 atom stereocenters. The number of carbonyl (C=O) groups excluding carboxylic acids is 1. The second kappa shape index (κ2) is 6.25. The van der Waals surface area contributed by atoms with Crippen LogP contribution >= 0.6 is 0 Å². The lowest BCUT2D eigenvalue weighted by Crippen LogP contribution is -2.48. The monoisotopic (exact) mass is 352 g/mol. The van der Waals surface area contributed by atoms with Crippen LogP contribution in [0.5, 0.6) is 0 Å². The zero-order chi connectivity index (χ0) is 17.7. The lowest BCUT2D eigenvalue weighted by Gasteiger charge is -2.41. The minimum absolute atomic E-state index is 0.0326. The summed E-state index contributed by atoms with van der Waals surface area (Å²) in [6, 6.07) is 0.915. The minimum Gasteiger partial charge on any atom is -0.367 e. The summed E-state index contributed by atoms with van der Waals surface area (Å²) in [6.45, 7) is 5.43. The van der Waals surface area contributed by atoms with Gasteiger partial charge in [-0.2, -0.15) is 5.10 Å². The second-order valence-corrected chi connectivity index (χ2v) is 8.01. The molecule has 0 radical (unpaired) electrons. The topological polar surface area (TPSA) is 50.2 Å². The van der Waals surface area contributed by atoms with Gasteiger partial charge in [0.1, 0.15) is 11.9 Å². The van der Waals surface area contributed by atoms with Crippen LogP contribution in [0.25, 0.3) is 0 Å². The molecule has 1 aromatic rings. The number of aromatic nitrogens is 2. The number of piperidine rings is 1. The molecule has 1 saturated heterocycles. The highest BCUT2D eigenvalue weighted by Crippen LogP contribution is 2.41. The highest BCUT2D eigenvalue weighted by atomic mass is 19.3. The first-order chi connectivity index (χ1) is 11.9. The Kier molecular flexibility index (Phi) is 4.20. The fourth-order valence-corrected chi connectivity index (χ4v) is 4.45. The molecule has 1 N–H and O–H groups in total. The highest BCUT2D eigenvalue weighted by molar-refractivity contribution is 5.81. The predicted molar refractivity (Wildman–Crippen MR) is 90.6 cm³/mol. The SMILES string of the molecule is Cc1cc2n(n1)[C@@H](C(F)F)C[C@@H]([C@H]1CCCN(C(=O)[C@H]3C[C@@H]3C)C1)N2. The van der Waals surface area contributed by atoms with Crippen LogP contribution in [0, 0.1) is 24.7 Å². The lowest BCUT2D eigenvalue weighted by atomic mass is 9.85. The van der Waals surface area contributed by atoms with Gasteiger partial charge in [0.25, 0.3) is 6.43 Å². The minimum atomic E-state index is -2.43. The number of nitrogens with one attached hydrogen (secondary N) is 1. The van der Waals surface area contributed by atoms with Gasteiger partial charge in [-0.3, -0.25) is 4.79 Å². The average Bonchev–Trinajstić information content (AvgIpc) is 3.19. The number of hydrogen-bond donors (Lipinski definition) is 1. The van der Waals surface area contributed by atoms with Crippen molar-refractivity contribution < 1.29 is 13.6 Å². The van der Waals surface area contributed by atoms with Gasteiger partial charge in [0.15, 0.2) is 0 Å². The van der Waals surface area contributed by atoms with Crippen LogP contribution in [0.2, 0.25) is 0 Å². The van der Waals surface area contributed by atoms with Crippen molar-refractivity contribution in [3.8, 4) is 0 Å². The molecule has 2 aliphatic heterocycles. The van der Waals surface area contributed by atoms with E-state index in [-0.39, 0.29) is 23.8 Å². The normalized spacial score (nSPS) is 34.6. The maximum Gasteiger partial charge on any atom is 0.260 e. The molecule has 138 valence electrons. The average molecular weight is 352 g/mol. The molecule has 1 aromatic heterocycles.